The van der Waals surface area contributed by atoms with Gasteiger partial charge in [-0.05, 0) is 19.9 Å². The Kier molecular flexibility index (Phi) is 3.66. The molecular weight excluding hydrogens is 286 g/mol. The molecule has 112 valence electrons. The van der Waals surface area contributed by atoms with Crippen LogP contribution in [0.5, 0.6) is 0 Å². The Morgan fingerprint density at radius 1 is 1.00 bits per heavy atom. The fourth-order valence-corrected chi connectivity index (χ4v) is 2.30. The van der Waals surface area contributed by atoms with E-state index in [9.17, 15) is 8.78 Å². The van der Waals surface area contributed by atoms with Gasteiger partial charge in [-0.25, -0.2) is 23.4 Å². The first-order valence-corrected chi connectivity index (χ1v) is 6.81. The number of alkyl halides is 2. The fraction of sp³-hybridized carbons (Fsp3) is 0.188. The lowest BCUT2D eigenvalue weighted by Gasteiger charge is -2.08. The van der Waals surface area contributed by atoms with E-state index in [1.54, 1.807) is 13.0 Å². The van der Waals surface area contributed by atoms with Crippen LogP contribution in [0, 0.1) is 13.8 Å². The van der Waals surface area contributed by atoms with Gasteiger partial charge in [0.15, 0.2) is 5.82 Å². The van der Waals surface area contributed by atoms with Crippen LogP contribution in [0.15, 0.2) is 42.5 Å². The summed E-state index contributed by atoms with van der Waals surface area (Å²) in [5.41, 5.74) is 1.87. The summed E-state index contributed by atoms with van der Waals surface area (Å²) in [6.07, 6.45) is -2.63. The van der Waals surface area contributed by atoms with Crippen LogP contribution < -0.4 is 0 Å². The number of halogens is 2. The lowest BCUT2D eigenvalue weighted by atomic mass is 10.1. The highest BCUT2D eigenvalue weighted by molar-refractivity contribution is 5.62. The number of benzene rings is 1. The minimum absolute atomic E-state index is 0.271. The second-order valence-electron chi connectivity index (χ2n) is 4.95. The molecule has 0 amide bonds. The zero-order valence-electron chi connectivity index (χ0n) is 12.2. The Morgan fingerprint density at radius 3 is 2.36 bits per heavy atom. The van der Waals surface area contributed by atoms with Crippen molar-refractivity contribution in [3.8, 4) is 17.1 Å². The smallest absolute Gasteiger partial charge is 0.238 e. The Morgan fingerprint density at radius 2 is 1.73 bits per heavy atom. The van der Waals surface area contributed by atoms with Crippen LogP contribution in [-0.2, 0) is 0 Å². The summed E-state index contributed by atoms with van der Waals surface area (Å²) in [6.45, 7) is 3.59. The molecule has 3 rings (SSSR count). The summed E-state index contributed by atoms with van der Waals surface area (Å²) in [4.78, 5) is 8.51. The largest absolute Gasteiger partial charge is 0.282 e. The van der Waals surface area contributed by atoms with Crippen molar-refractivity contribution in [1.29, 1.82) is 0 Å². The van der Waals surface area contributed by atoms with Crippen molar-refractivity contribution < 1.29 is 8.78 Å². The van der Waals surface area contributed by atoms with E-state index in [4.69, 9.17) is 0 Å². The van der Waals surface area contributed by atoms with Gasteiger partial charge >= 0.3 is 0 Å². The van der Waals surface area contributed by atoms with Gasteiger partial charge in [0.1, 0.15) is 11.5 Å². The van der Waals surface area contributed by atoms with Crippen LogP contribution in [0.1, 0.15) is 23.6 Å². The van der Waals surface area contributed by atoms with E-state index in [1.807, 2.05) is 37.3 Å². The molecule has 22 heavy (non-hydrogen) atoms. The summed E-state index contributed by atoms with van der Waals surface area (Å²) in [5, 5.41) is 4.01. The summed E-state index contributed by atoms with van der Waals surface area (Å²) < 4.78 is 27.5. The van der Waals surface area contributed by atoms with Crippen molar-refractivity contribution in [2.45, 2.75) is 20.3 Å². The number of aromatic nitrogens is 4. The van der Waals surface area contributed by atoms with Gasteiger partial charge in [0.2, 0.25) is 0 Å². The molecule has 0 N–H and O–H groups in total. The highest BCUT2D eigenvalue weighted by atomic mass is 19.3. The van der Waals surface area contributed by atoms with Crippen LogP contribution in [0.4, 0.5) is 8.78 Å². The Hall–Kier alpha value is -2.63. The zero-order chi connectivity index (χ0) is 15.7. The molecule has 0 aliphatic heterocycles. The van der Waals surface area contributed by atoms with E-state index in [-0.39, 0.29) is 5.69 Å². The average Bonchev–Trinajstić information content (AvgIpc) is 2.92. The van der Waals surface area contributed by atoms with E-state index in [2.05, 4.69) is 15.1 Å². The third-order valence-electron chi connectivity index (χ3n) is 3.19. The van der Waals surface area contributed by atoms with Crippen LogP contribution in [0.2, 0.25) is 0 Å². The van der Waals surface area contributed by atoms with Gasteiger partial charge in [-0.15, -0.1) is 0 Å². The van der Waals surface area contributed by atoms with Crippen LogP contribution in [-0.4, -0.2) is 19.7 Å². The van der Waals surface area contributed by atoms with Crippen molar-refractivity contribution in [3.63, 3.8) is 0 Å². The van der Waals surface area contributed by atoms with Crippen molar-refractivity contribution in [2.75, 3.05) is 0 Å². The van der Waals surface area contributed by atoms with Gasteiger partial charge in [-0.1, -0.05) is 30.3 Å². The van der Waals surface area contributed by atoms with E-state index in [0.29, 0.717) is 17.3 Å². The SMILES string of the molecule is Cc1cc(-n2nc(C(F)F)cc2-c2ccccc2)nc(C)n1. The summed E-state index contributed by atoms with van der Waals surface area (Å²) in [5.74, 6) is 1.05. The van der Waals surface area contributed by atoms with Crippen molar-refractivity contribution in [3.05, 3.63) is 59.7 Å². The maximum Gasteiger partial charge on any atom is 0.282 e. The molecule has 0 bridgehead atoms. The quantitative estimate of drug-likeness (QED) is 0.737. The summed E-state index contributed by atoms with van der Waals surface area (Å²) >= 11 is 0. The van der Waals surface area contributed by atoms with E-state index in [1.165, 1.54) is 10.7 Å². The van der Waals surface area contributed by atoms with Gasteiger partial charge in [-0.2, -0.15) is 5.10 Å². The molecule has 3 aromatic rings. The molecule has 0 saturated heterocycles. The summed E-state index contributed by atoms with van der Waals surface area (Å²) in [7, 11) is 0. The highest BCUT2D eigenvalue weighted by Crippen LogP contribution is 2.27. The van der Waals surface area contributed by atoms with Crippen LogP contribution in [0.3, 0.4) is 0 Å². The highest BCUT2D eigenvalue weighted by Gasteiger charge is 2.18. The molecule has 0 aliphatic carbocycles. The first kappa shape index (κ1) is 14.3. The molecule has 0 atom stereocenters. The number of hydrogen-bond acceptors (Lipinski definition) is 3. The maximum absolute atomic E-state index is 13.0. The molecule has 2 heterocycles. The fourth-order valence-electron chi connectivity index (χ4n) is 2.30. The molecule has 4 nitrogen and oxygen atoms in total. The van der Waals surface area contributed by atoms with Gasteiger partial charge in [0, 0.05) is 17.3 Å². The van der Waals surface area contributed by atoms with E-state index in [0.717, 1.165) is 11.3 Å². The Balaban J connectivity index is 2.21. The molecule has 0 radical (unpaired) electrons. The number of aryl methyl sites for hydroxylation is 2. The number of hydrogen-bond donors (Lipinski definition) is 0. The van der Waals surface area contributed by atoms with Crippen molar-refractivity contribution in [1.82, 2.24) is 19.7 Å². The van der Waals surface area contributed by atoms with Gasteiger partial charge in [0.25, 0.3) is 6.43 Å². The Bertz CT molecular complexity index is 777. The summed E-state index contributed by atoms with van der Waals surface area (Å²) in [6, 6.07) is 12.4. The standard InChI is InChI=1S/C16H14F2N4/c1-10-8-15(20-11(2)19-10)22-14(9-13(21-22)16(17)18)12-6-4-3-5-7-12/h3-9,16H,1-2H3. The molecule has 0 unspecified atom stereocenters. The first-order chi connectivity index (χ1) is 10.5. The molecule has 0 aliphatic rings. The van der Waals surface area contributed by atoms with Crippen molar-refractivity contribution >= 4 is 0 Å². The average molecular weight is 300 g/mol. The molecular formula is C16H14F2N4. The predicted molar refractivity (Wildman–Crippen MR) is 79.0 cm³/mol. The first-order valence-electron chi connectivity index (χ1n) is 6.81. The van der Waals surface area contributed by atoms with Crippen LogP contribution >= 0.6 is 0 Å². The van der Waals surface area contributed by atoms with Crippen molar-refractivity contribution in [2.24, 2.45) is 0 Å². The third-order valence-corrected chi connectivity index (χ3v) is 3.19. The molecule has 0 saturated carbocycles. The van der Waals surface area contributed by atoms with E-state index < -0.39 is 6.43 Å². The van der Waals surface area contributed by atoms with Gasteiger partial charge in [0.05, 0.1) is 5.69 Å². The predicted octanol–water partition coefficient (Wildman–Crippen LogP) is 3.88. The number of nitrogens with zero attached hydrogens (tertiary/aromatic N) is 4. The minimum atomic E-state index is -2.63. The molecule has 6 heteroatoms. The molecule has 1 aromatic carbocycles. The maximum atomic E-state index is 13.0. The monoisotopic (exact) mass is 300 g/mol. The molecule has 2 aromatic heterocycles. The molecule has 0 fully saturated rings. The van der Waals surface area contributed by atoms with Gasteiger partial charge in [-0.3, -0.25) is 0 Å². The topological polar surface area (TPSA) is 43.6 Å². The van der Waals surface area contributed by atoms with Crippen LogP contribution in [0.25, 0.3) is 17.1 Å². The lowest BCUT2D eigenvalue weighted by Crippen LogP contribution is -2.05. The second kappa shape index (κ2) is 5.63. The lowest BCUT2D eigenvalue weighted by molar-refractivity contribution is 0.145. The second-order valence-corrected chi connectivity index (χ2v) is 4.95. The zero-order valence-corrected chi connectivity index (χ0v) is 12.2. The minimum Gasteiger partial charge on any atom is -0.238 e. The molecule has 0 spiro atoms. The van der Waals surface area contributed by atoms with Gasteiger partial charge < -0.3 is 0 Å². The van der Waals surface area contributed by atoms with E-state index >= 15 is 0 Å². The Labute approximate surface area is 126 Å². The normalized spacial score (nSPS) is 11.1. The third kappa shape index (κ3) is 2.72. The number of rotatable bonds is 3.